The van der Waals surface area contributed by atoms with Crippen LogP contribution in [0.1, 0.15) is 58.8 Å². The average molecular weight is 250 g/mol. The Hall–Kier alpha value is -0.570. The van der Waals surface area contributed by atoms with Gasteiger partial charge < -0.3 is 10.6 Å². The van der Waals surface area contributed by atoms with Crippen molar-refractivity contribution in [3.63, 3.8) is 0 Å². The van der Waals surface area contributed by atoms with Crippen LogP contribution in [0.4, 0.5) is 0 Å². The predicted molar refractivity (Wildman–Crippen MR) is 72.2 cm³/mol. The van der Waals surface area contributed by atoms with Crippen molar-refractivity contribution in [2.45, 2.75) is 76.4 Å². The smallest absolute Gasteiger partial charge is 0.237 e. The molecule has 3 heteroatoms. The van der Waals surface area contributed by atoms with Crippen LogP contribution in [0, 0.1) is 11.8 Å². The zero-order chi connectivity index (χ0) is 12.8. The van der Waals surface area contributed by atoms with Gasteiger partial charge in [-0.3, -0.25) is 4.79 Å². The first-order valence-corrected chi connectivity index (χ1v) is 7.64. The second-order valence-electron chi connectivity index (χ2n) is 7.09. The Morgan fingerprint density at radius 1 is 1.17 bits per heavy atom. The summed E-state index contributed by atoms with van der Waals surface area (Å²) in [6.45, 7) is 4.34. The van der Waals surface area contributed by atoms with Crippen molar-refractivity contribution in [2.75, 3.05) is 0 Å². The zero-order valence-electron chi connectivity index (χ0n) is 11.7. The van der Waals surface area contributed by atoms with Crippen molar-refractivity contribution in [1.29, 1.82) is 0 Å². The third kappa shape index (κ3) is 2.42. The van der Waals surface area contributed by atoms with E-state index < -0.39 is 0 Å². The number of carbonyl (C=O) groups excluding carboxylic acids is 1. The highest BCUT2D eigenvalue weighted by molar-refractivity contribution is 5.83. The first-order valence-electron chi connectivity index (χ1n) is 7.64. The van der Waals surface area contributed by atoms with Gasteiger partial charge in [0, 0.05) is 11.6 Å². The van der Waals surface area contributed by atoms with E-state index in [2.05, 4.69) is 24.5 Å². The Bertz CT molecular complexity index is 321. The molecule has 3 fully saturated rings. The Kier molecular flexibility index (Phi) is 3.13. The molecular formula is C15H26N2O. The van der Waals surface area contributed by atoms with Crippen LogP contribution < -0.4 is 10.6 Å². The molecule has 1 aliphatic heterocycles. The van der Waals surface area contributed by atoms with E-state index in [1.54, 1.807) is 0 Å². The molecule has 0 aromatic rings. The average Bonchev–Trinajstić information content (AvgIpc) is 3.08. The third-order valence-corrected chi connectivity index (χ3v) is 5.22. The van der Waals surface area contributed by atoms with Gasteiger partial charge in [0.1, 0.15) is 0 Å². The summed E-state index contributed by atoms with van der Waals surface area (Å²) in [7, 11) is 0. The topological polar surface area (TPSA) is 41.1 Å². The van der Waals surface area contributed by atoms with E-state index in [4.69, 9.17) is 0 Å². The molecule has 1 saturated heterocycles. The van der Waals surface area contributed by atoms with E-state index in [-0.39, 0.29) is 17.5 Å². The standard InChI is InChI=1S/C15H26N2O/c1-15(2,11-7-8-11)17-14(18)13-9-10-5-3-4-6-12(10)16-13/h10-13,16H,3-9H2,1-2H3,(H,17,18). The van der Waals surface area contributed by atoms with E-state index in [0.29, 0.717) is 12.0 Å². The SMILES string of the molecule is CC(C)(NC(=O)C1CC2CCCCC2N1)C1CC1. The number of fused-ring (bicyclic) bond motifs is 1. The highest BCUT2D eigenvalue weighted by atomic mass is 16.2. The first kappa shape index (κ1) is 12.5. The molecule has 3 nitrogen and oxygen atoms in total. The maximum absolute atomic E-state index is 12.4. The van der Waals surface area contributed by atoms with E-state index in [0.717, 1.165) is 12.3 Å². The van der Waals surface area contributed by atoms with Gasteiger partial charge in [0.15, 0.2) is 0 Å². The molecule has 18 heavy (non-hydrogen) atoms. The Morgan fingerprint density at radius 3 is 2.56 bits per heavy atom. The molecule has 2 N–H and O–H groups in total. The van der Waals surface area contributed by atoms with E-state index >= 15 is 0 Å². The fraction of sp³-hybridized carbons (Fsp3) is 0.933. The largest absolute Gasteiger partial charge is 0.350 e. The molecule has 2 saturated carbocycles. The van der Waals surface area contributed by atoms with Crippen LogP contribution in [0.2, 0.25) is 0 Å². The number of carbonyl (C=O) groups is 1. The summed E-state index contributed by atoms with van der Waals surface area (Å²) in [4.78, 5) is 12.4. The number of nitrogens with one attached hydrogen (secondary N) is 2. The molecule has 2 aliphatic carbocycles. The quantitative estimate of drug-likeness (QED) is 0.806. The molecule has 1 heterocycles. The van der Waals surface area contributed by atoms with Crippen molar-refractivity contribution < 1.29 is 4.79 Å². The summed E-state index contributed by atoms with van der Waals surface area (Å²) in [5.74, 6) is 1.69. The number of amides is 1. The number of rotatable bonds is 3. The Morgan fingerprint density at radius 2 is 1.89 bits per heavy atom. The molecule has 1 amide bonds. The Balaban J connectivity index is 1.56. The number of hydrogen-bond acceptors (Lipinski definition) is 2. The third-order valence-electron chi connectivity index (χ3n) is 5.22. The minimum Gasteiger partial charge on any atom is -0.350 e. The van der Waals surface area contributed by atoms with Crippen molar-refractivity contribution in [2.24, 2.45) is 11.8 Å². The predicted octanol–water partition coefficient (Wildman–Crippen LogP) is 2.21. The molecule has 3 atom stereocenters. The lowest BCUT2D eigenvalue weighted by Crippen LogP contribution is -2.52. The van der Waals surface area contributed by atoms with Crippen molar-refractivity contribution in [3.05, 3.63) is 0 Å². The fourth-order valence-corrected chi connectivity index (χ4v) is 3.83. The highest BCUT2D eigenvalue weighted by Gasteiger charge is 2.42. The van der Waals surface area contributed by atoms with Gasteiger partial charge in [0.2, 0.25) is 5.91 Å². The van der Waals surface area contributed by atoms with Crippen LogP contribution in [-0.4, -0.2) is 23.5 Å². The minimum atomic E-state index is -0.00741. The normalized spacial score (nSPS) is 36.2. The molecule has 0 aromatic heterocycles. The summed E-state index contributed by atoms with van der Waals surface area (Å²) in [6.07, 6.45) is 8.86. The lowest BCUT2D eigenvalue weighted by molar-refractivity contribution is -0.124. The summed E-state index contributed by atoms with van der Waals surface area (Å²) >= 11 is 0. The van der Waals surface area contributed by atoms with Gasteiger partial charge in [-0.25, -0.2) is 0 Å². The van der Waals surface area contributed by atoms with Gasteiger partial charge in [-0.2, -0.15) is 0 Å². The monoisotopic (exact) mass is 250 g/mol. The van der Waals surface area contributed by atoms with E-state index in [1.807, 2.05) is 0 Å². The lowest BCUT2D eigenvalue weighted by atomic mass is 9.85. The first-order chi connectivity index (χ1) is 8.56. The summed E-state index contributed by atoms with van der Waals surface area (Å²) in [6, 6.07) is 0.676. The van der Waals surface area contributed by atoms with Gasteiger partial charge in [0.25, 0.3) is 0 Å². The van der Waals surface area contributed by atoms with Crippen LogP contribution in [-0.2, 0) is 4.79 Å². The lowest BCUT2D eigenvalue weighted by Gasteiger charge is -2.28. The van der Waals surface area contributed by atoms with Crippen LogP contribution in [0.3, 0.4) is 0 Å². The van der Waals surface area contributed by atoms with Gasteiger partial charge in [-0.05, 0) is 57.8 Å². The molecule has 3 aliphatic rings. The minimum absolute atomic E-state index is 0.00741. The molecule has 3 unspecified atom stereocenters. The molecular weight excluding hydrogens is 224 g/mol. The fourth-order valence-electron chi connectivity index (χ4n) is 3.83. The molecule has 0 bridgehead atoms. The molecule has 0 radical (unpaired) electrons. The Labute approximate surface area is 110 Å². The summed E-state index contributed by atoms with van der Waals surface area (Å²) in [5, 5.41) is 6.83. The van der Waals surface area contributed by atoms with Gasteiger partial charge in [-0.1, -0.05) is 12.8 Å². The number of hydrogen-bond donors (Lipinski definition) is 2. The van der Waals surface area contributed by atoms with E-state index in [1.165, 1.54) is 38.5 Å². The highest BCUT2D eigenvalue weighted by Crippen LogP contribution is 2.39. The maximum atomic E-state index is 12.4. The zero-order valence-corrected chi connectivity index (χ0v) is 11.7. The summed E-state index contributed by atoms with van der Waals surface area (Å²) < 4.78 is 0. The van der Waals surface area contributed by atoms with Crippen molar-refractivity contribution >= 4 is 5.91 Å². The molecule has 102 valence electrons. The molecule has 0 spiro atoms. The van der Waals surface area contributed by atoms with Crippen molar-refractivity contribution in [3.8, 4) is 0 Å². The van der Waals surface area contributed by atoms with Crippen LogP contribution in [0.15, 0.2) is 0 Å². The van der Waals surface area contributed by atoms with E-state index in [9.17, 15) is 4.79 Å². The van der Waals surface area contributed by atoms with Crippen LogP contribution in [0.25, 0.3) is 0 Å². The van der Waals surface area contributed by atoms with Gasteiger partial charge in [-0.15, -0.1) is 0 Å². The van der Waals surface area contributed by atoms with Crippen molar-refractivity contribution in [1.82, 2.24) is 10.6 Å². The summed E-state index contributed by atoms with van der Waals surface area (Å²) in [5.41, 5.74) is -0.00741. The molecule has 0 aromatic carbocycles. The van der Waals surface area contributed by atoms with Gasteiger partial charge in [0.05, 0.1) is 6.04 Å². The van der Waals surface area contributed by atoms with Gasteiger partial charge >= 0.3 is 0 Å². The maximum Gasteiger partial charge on any atom is 0.237 e. The second-order valence-corrected chi connectivity index (χ2v) is 7.09. The molecule has 3 rings (SSSR count). The van der Waals surface area contributed by atoms with Crippen LogP contribution in [0.5, 0.6) is 0 Å². The van der Waals surface area contributed by atoms with Crippen LogP contribution >= 0.6 is 0 Å². The second kappa shape index (κ2) is 4.52.